The molecule has 1 aliphatic rings. The molecular formula is C9H16OSi. The zero-order chi connectivity index (χ0) is 8.32. The van der Waals surface area contributed by atoms with Crippen molar-refractivity contribution in [1.29, 1.82) is 0 Å². The van der Waals surface area contributed by atoms with E-state index in [4.69, 9.17) is 4.43 Å². The molecule has 0 saturated heterocycles. The Morgan fingerprint density at radius 1 is 1.27 bits per heavy atom. The van der Waals surface area contributed by atoms with Gasteiger partial charge in [0.2, 0.25) is 0 Å². The maximum absolute atomic E-state index is 5.47. The predicted molar refractivity (Wildman–Crippen MR) is 51.1 cm³/mol. The predicted octanol–water partition coefficient (Wildman–Crippen LogP) is 2.58. The second-order valence-corrected chi connectivity index (χ2v) is 7.94. The van der Waals surface area contributed by atoms with E-state index in [9.17, 15) is 0 Å². The normalized spacial score (nSPS) is 18.1. The van der Waals surface area contributed by atoms with Crippen molar-refractivity contribution in [3.05, 3.63) is 24.3 Å². The molecule has 0 saturated carbocycles. The molecule has 11 heavy (non-hydrogen) atoms. The molecule has 0 fully saturated rings. The molecule has 0 spiro atoms. The Bertz CT molecular complexity index is 170. The van der Waals surface area contributed by atoms with Crippen molar-refractivity contribution in [2.24, 2.45) is 5.92 Å². The van der Waals surface area contributed by atoms with Gasteiger partial charge in [0.15, 0.2) is 8.32 Å². The van der Waals surface area contributed by atoms with E-state index in [1.165, 1.54) is 6.04 Å². The van der Waals surface area contributed by atoms with Crippen LogP contribution in [0.4, 0.5) is 0 Å². The summed E-state index contributed by atoms with van der Waals surface area (Å²) in [5, 5.41) is 0. The molecular weight excluding hydrogens is 152 g/mol. The van der Waals surface area contributed by atoms with Gasteiger partial charge < -0.3 is 4.43 Å². The quantitative estimate of drug-likeness (QED) is 0.589. The molecule has 1 rings (SSSR count). The summed E-state index contributed by atoms with van der Waals surface area (Å²) in [7, 11) is 0.483. The molecule has 0 aliphatic heterocycles. The van der Waals surface area contributed by atoms with Crippen LogP contribution in [-0.4, -0.2) is 15.4 Å². The topological polar surface area (TPSA) is 9.23 Å². The Hall–Kier alpha value is -0.343. The van der Waals surface area contributed by atoms with Crippen LogP contribution in [-0.2, 0) is 4.43 Å². The van der Waals surface area contributed by atoms with Gasteiger partial charge in [0, 0.05) is 7.11 Å². The Morgan fingerprint density at radius 2 is 1.82 bits per heavy atom. The van der Waals surface area contributed by atoms with Crippen LogP contribution in [0, 0.1) is 5.92 Å². The van der Waals surface area contributed by atoms with E-state index < -0.39 is 8.32 Å². The van der Waals surface area contributed by atoms with E-state index in [0.717, 1.165) is 0 Å². The summed E-state index contributed by atoms with van der Waals surface area (Å²) < 4.78 is 5.47. The van der Waals surface area contributed by atoms with Crippen molar-refractivity contribution in [1.82, 2.24) is 0 Å². The Kier molecular flexibility index (Phi) is 2.68. The van der Waals surface area contributed by atoms with Gasteiger partial charge in [0.1, 0.15) is 0 Å². The van der Waals surface area contributed by atoms with E-state index >= 15 is 0 Å². The van der Waals surface area contributed by atoms with Gasteiger partial charge in [-0.25, -0.2) is 0 Å². The highest BCUT2D eigenvalue weighted by Gasteiger charge is 2.23. The minimum absolute atomic E-state index is 0.636. The molecule has 2 heteroatoms. The molecule has 0 heterocycles. The fourth-order valence-corrected chi connectivity index (χ4v) is 2.84. The second-order valence-electron chi connectivity index (χ2n) is 3.60. The van der Waals surface area contributed by atoms with Crippen molar-refractivity contribution in [3.63, 3.8) is 0 Å². The summed E-state index contributed by atoms with van der Waals surface area (Å²) in [4.78, 5) is 0. The van der Waals surface area contributed by atoms with Gasteiger partial charge in [-0.1, -0.05) is 24.3 Å². The van der Waals surface area contributed by atoms with E-state index in [1.54, 1.807) is 0 Å². The summed E-state index contributed by atoms with van der Waals surface area (Å²) in [5.74, 6) is 0.636. The first-order valence-electron chi connectivity index (χ1n) is 4.04. The lowest BCUT2D eigenvalue weighted by Crippen LogP contribution is -2.30. The fraction of sp³-hybridized carbons (Fsp3) is 0.556. The third-order valence-corrected chi connectivity index (χ3v) is 4.67. The first-order valence-corrected chi connectivity index (χ1v) is 7.16. The highest BCUT2D eigenvalue weighted by Crippen LogP contribution is 2.22. The third-order valence-electron chi connectivity index (χ3n) is 2.11. The average Bonchev–Trinajstić information content (AvgIpc) is 2.39. The summed E-state index contributed by atoms with van der Waals surface area (Å²) in [6, 6.07) is 1.20. The van der Waals surface area contributed by atoms with Crippen molar-refractivity contribution in [2.45, 2.75) is 19.1 Å². The Morgan fingerprint density at radius 3 is 2.27 bits per heavy atom. The smallest absolute Gasteiger partial charge is 0.187 e. The first-order chi connectivity index (χ1) is 5.14. The van der Waals surface area contributed by atoms with Gasteiger partial charge in [-0.2, -0.15) is 0 Å². The largest absolute Gasteiger partial charge is 0.420 e. The van der Waals surface area contributed by atoms with E-state index in [0.29, 0.717) is 5.92 Å². The van der Waals surface area contributed by atoms with Crippen LogP contribution in [0.3, 0.4) is 0 Å². The first kappa shape index (κ1) is 8.75. The third kappa shape index (κ3) is 2.64. The zero-order valence-corrected chi connectivity index (χ0v) is 8.50. The van der Waals surface area contributed by atoms with Crippen LogP contribution in [0.15, 0.2) is 24.3 Å². The maximum Gasteiger partial charge on any atom is 0.187 e. The summed E-state index contributed by atoms with van der Waals surface area (Å²) in [6.45, 7) is 4.51. The van der Waals surface area contributed by atoms with Crippen LogP contribution in [0.1, 0.15) is 0 Å². The van der Waals surface area contributed by atoms with Gasteiger partial charge in [0.25, 0.3) is 0 Å². The lowest BCUT2D eigenvalue weighted by molar-refractivity contribution is 0.400. The van der Waals surface area contributed by atoms with Crippen LogP contribution >= 0.6 is 0 Å². The van der Waals surface area contributed by atoms with E-state index in [2.05, 4.69) is 37.4 Å². The van der Waals surface area contributed by atoms with Gasteiger partial charge >= 0.3 is 0 Å². The zero-order valence-electron chi connectivity index (χ0n) is 7.50. The minimum atomic E-state index is -1.34. The molecule has 1 nitrogen and oxygen atoms in total. The number of hydrogen-bond donors (Lipinski definition) is 0. The van der Waals surface area contributed by atoms with Crippen LogP contribution in [0.5, 0.6) is 0 Å². The minimum Gasteiger partial charge on any atom is -0.420 e. The molecule has 0 aromatic carbocycles. The molecule has 0 atom stereocenters. The molecule has 0 N–H and O–H groups in total. The highest BCUT2D eigenvalue weighted by molar-refractivity contribution is 6.71. The fourth-order valence-electron chi connectivity index (χ4n) is 1.26. The Balaban J connectivity index is 2.41. The monoisotopic (exact) mass is 168 g/mol. The number of allylic oxidation sites excluding steroid dienone is 4. The molecule has 0 amide bonds. The molecule has 0 aromatic rings. The highest BCUT2D eigenvalue weighted by atomic mass is 28.4. The lowest BCUT2D eigenvalue weighted by atomic mass is 10.2. The van der Waals surface area contributed by atoms with Crippen LogP contribution in [0.2, 0.25) is 19.1 Å². The second kappa shape index (κ2) is 3.37. The molecule has 62 valence electrons. The van der Waals surface area contributed by atoms with E-state index in [-0.39, 0.29) is 0 Å². The standard InChI is InChI=1S/C9H16OSi/c1-10-11(2,3)8-9-6-4-5-7-9/h4-7,9H,8H2,1-3H3. The van der Waals surface area contributed by atoms with Crippen molar-refractivity contribution >= 4 is 8.32 Å². The van der Waals surface area contributed by atoms with Crippen LogP contribution in [0.25, 0.3) is 0 Å². The number of rotatable bonds is 3. The maximum atomic E-state index is 5.47. The molecule has 0 aromatic heterocycles. The van der Waals surface area contributed by atoms with Crippen LogP contribution < -0.4 is 0 Å². The van der Waals surface area contributed by atoms with Crippen molar-refractivity contribution in [3.8, 4) is 0 Å². The van der Waals surface area contributed by atoms with Gasteiger partial charge in [-0.05, 0) is 25.1 Å². The summed E-state index contributed by atoms with van der Waals surface area (Å²) in [6.07, 6.45) is 8.72. The summed E-state index contributed by atoms with van der Waals surface area (Å²) >= 11 is 0. The van der Waals surface area contributed by atoms with Crippen molar-refractivity contribution < 1.29 is 4.43 Å². The molecule has 0 radical (unpaired) electrons. The molecule has 0 bridgehead atoms. The summed E-state index contributed by atoms with van der Waals surface area (Å²) in [5.41, 5.74) is 0. The molecule has 0 unspecified atom stereocenters. The van der Waals surface area contributed by atoms with Gasteiger partial charge in [-0.15, -0.1) is 0 Å². The molecule has 1 aliphatic carbocycles. The van der Waals surface area contributed by atoms with Gasteiger partial charge in [0.05, 0.1) is 0 Å². The SMILES string of the molecule is CO[Si](C)(C)CC1C=CC=C1. The Labute approximate surface area is 69.9 Å². The lowest BCUT2D eigenvalue weighted by Gasteiger charge is -2.21. The average molecular weight is 168 g/mol. The number of hydrogen-bond acceptors (Lipinski definition) is 1. The van der Waals surface area contributed by atoms with Gasteiger partial charge in [-0.3, -0.25) is 0 Å². The van der Waals surface area contributed by atoms with E-state index in [1.807, 2.05) is 7.11 Å². The van der Waals surface area contributed by atoms with Crippen molar-refractivity contribution in [2.75, 3.05) is 7.11 Å².